The largest absolute Gasteiger partial charge is 0.507 e. The van der Waals surface area contributed by atoms with Crippen molar-refractivity contribution in [3.05, 3.63) is 23.8 Å². The first-order valence-corrected chi connectivity index (χ1v) is 6.18. The van der Waals surface area contributed by atoms with Gasteiger partial charge in [-0.15, -0.1) is 0 Å². The molecule has 0 aliphatic carbocycles. The van der Waals surface area contributed by atoms with Crippen LogP contribution in [0.2, 0.25) is 0 Å². The molecule has 0 saturated carbocycles. The molecule has 0 heterocycles. The number of oxime groups is 1. The van der Waals surface area contributed by atoms with E-state index in [1.165, 1.54) is 19.2 Å². The fourth-order valence-electron chi connectivity index (χ4n) is 1.72. The van der Waals surface area contributed by atoms with Crippen LogP contribution >= 0.6 is 0 Å². The summed E-state index contributed by atoms with van der Waals surface area (Å²) in [6.45, 7) is 1.91. The first-order chi connectivity index (χ1) is 9.53. The van der Waals surface area contributed by atoms with Gasteiger partial charge in [0.2, 0.25) is 0 Å². The number of aromatic hydroxyl groups is 1. The second-order valence-corrected chi connectivity index (χ2v) is 4.22. The molecule has 1 aromatic rings. The van der Waals surface area contributed by atoms with Crippen molar-refractivity contribution in [2.45, 2.75) is 25.8 Å². The molecule has 0 fully saturated rings. The number of methoxy groups -OCH3 is 1. The van der Waals surface area contributed by atoms with Crippen molar-refractivity contribution in [3.8, 4) is 11.5 Å². The highest BCUT2D eigenvalue weighted by Gasteiger charge is 2.19. The molecule has 0 saturated heterocycles. The molecular weight excluding hydrogens is 262 g/mol. The third kappa shape index (κ3) is 3.78. The molecule has 0 aliphatic rings. The van der Waals surface area contributed by atoms with Crippen LogP contribution in [0.3, 0.4) is 0 Å². The Morgan fingerprint density at radius 1 is 1.55 bits per heavy atom. The van der Waals surface area contributed by atoms with Crippen LogP contribution < -0.4 is 15.8 Å². The number of ether oxygens (including phenoxy) is 1. The van der Waals surface area contributed by atoms with Crippen molar-refractivity contribution in [1.29, 1.82) is 0 Å². The number of nitrogens with two attached hydrogens (primary N) is 1. The molecule has 1 atom stereocenters. The Morgan fingerprint density at radius 2 is 2.25 bits per heavy atom. The number of benzene rings is 1. The van der Waals surface area contributed by atoms with E-state index >= 15 is 0 Å². The van der Waals surface area contributed by atoms with Gasteiger partial charge < -0.3 is 26.1 Å². The molecule has 20 heavy (non-hydrogen) atoms. The summed E-state index contributed by atoms with van der Waals surface area (Å²) in [6.07, 6.45) is 1.27. The summed E-state index contributed by atoms with van der Waals surface area (Å²) in [5.41, 5.74) is 5.61. The van der Waals surface area contributed by atoms with Gasteiger partial charge in [0.25, 0.3) is 5.91 Å². The van der Waals surface area contributed by atoms with Crippen LogP contribution in [-0.4, -0.2) is 35.2 Å². The molecule has 0 aliphatic heterocycles. The average molecular weight is 281 g/mol. The fraction of sp³-hybridized carbons (Fsp3) is 0.385. The van der Waals surface area contributed by atoms with E-state index in [0.717, 1.165) is 6.42 Å². The quantitative estimate of drug-likeness (QED) is 0.269. The Labute approximate surface area is 117 Å². The number of nitrogens with zero attached hydrogens (tertiary/aromatic N) is 1. The predicted octanol–water partition coefficient (Wildman–Crippen LogP) is 1.05. The first-order valence-electron chi connectivity index (χ1n) is 6.18. The zero-order valence-corrected chi connectivity index (χ0v) is 11.5. The van der Waals surface area contributed by atoms with Crippen molar-refractivity contribution in [2.24, 2.45) is 10.9 Å². The van der Waals surface area contributed by atoms with Gasteiger partial charge in [-0.3, -0.25) is 4.79 Å². The van der Waals surface area contributed by atoms with Gasteiger partial charge in [-0.25, -0.2) is 0 Å². The number of hydrogen-bond donors (Lipinski definition) is 4. The van der Waals surface area contributed by atoms with Gasteiger partial charge >= 0.3 is 0 Å². The van der Waals surface area contributed by atoms with E-state index in [1.807, 2.05) is 6.92 Å². The van der Waals surface area contributed by atoms with Crippen molar-refractivity contribution in [3.63, 3.8) is 0 Å². The van der Waals surface area contributed by atoms with Crippen molar-refractivity contribution in [1.82, 2.24) is 5.32 Å². The zero-order valence-electron chi connectivity index (χ0n) is 11.5. The topological polar surface area (TPSA) is 117 Å². The van der Waals surface area contributed by atoms with Crippen LogP contribution in [0.5, 0.6) is 11.5 Å². The Hall–Kier alpha value is -2.44. The molecule has 7 heteroatoms. The van der Waals surface area contributed by atoms with E-state index < -0.39 is 11.9 Å². The number of rotatable bonds is 6. The molecule has 1 aromatic carbocycles. The highest BCUT2D eigenvalue weighted by atomic mass is 16.5. The van der Waals surface area contributed by atoms with Gasteiger partial charge in [-0.1, -0.05) is 18.5 Å². The monoisotopic (exact) mass is 281 g/mol. The van der Waals surface area contributed by atoms with E-state index in [0.29, 0.717) is 12.2 Å². The summed E-state index contributed by atoms with van der Waals surface area (Å²) in [4.78, 5) is 12.1. The molecule has 7 nitrogen and oxygen atoms in total. The highest BCUT2D eigenvalue weighted by molar-refractivity contribution is 6.00. The van der Waals surface area contributed by atoms with E-state index in [4.69, 9.17) is 15.7 Å². The fourth-order valence-corrected chi connectivity index (χ4v) is 1.72. The van der Waals surface area contributed by atoms with Crippen LogP contribution in [0.15, 0.2) is 23.4 Å². The SMILES string of the molecule is CCCC(NC(=O)c1ccc(OC)cc1O)/C(N)=N/O. The number of nitrogens with one attached hydrogen (secondary N) is 1. The van der Waals surface area contributed by atoms with E-state index in [-0.39, 0.29) is 17.1 Å². The van der Waals surface area contributed by atoms with Gasteiger partial charge in [0.05, 0.1) is 18.7 Å². The maximum Gasteiger partial charge on any atom is 0.255 e. The molecule has 0 radical (unpaired) electrons. The minimum absolute atomic E-state index is 0.0757. The number of amidine groups is 1. The summed E-state index contributed by atoms with van der Waals surface area (Å²) in [5.74, 6) is -0.333. The summed E-state index contributed by atoms with van der Waals surface area (Å²) in [5, 5.41) is 24.0. The smallest absolute Gasteiger partial charge is 0.255 e. The van der Waals surface area contributed by atoms with E-state index in [9.17, 15) is 9.90 Å². The van der Waals surface area contributed by atoms with Crippen molar-refractivity contribution in [2.75, 3.05) is 7.11 Å². The molecule has 0 bridgehead atoms. The van der Waals surface area contributed by atoms with Gasteiger partial charge in [0.1, 0.15) is 11.5 Å². The number of hydrogen-bond acceptors (Lipinski definition) is 5. The summed E-state index contributed by atoms with van der Waals surface area (Å²) < 4.78 is 4.94. The summed E-state index contributed by atoms with van der Waals surface area (Å²) in [6, 6.07) is 3.76. The van der Waals surface area contributed by atoms with Crippen molar-refractivity contribution >= 4 is 11.7 Å². The standard InChI is InChI=1S/C13H19N3O4/c1-3-4-10(12(14)16-19)15-13(18)9-6-5-8(20-2)7-11(9)17/h5-7,10,17,19H,3-4H2,1-2H3,(H2,14,16)(H,15,18). The number of carbonyl (C=O) groups is 1. The Bertz CT molecular complexity index is 502. The molecule has 1 amide bonds. The summed E-state index contributed by atoms with van der Waals surface area (Å²) in [7, 11) is 1.46. The third-order valence-corrected chi connectivity index (χ3v) is 2.80. The number of phenolic OH excluding ortho intramolecular Hbond substituents is 1. The third-order valence-electron chi connectivity index (χ3n) is 2.80. The number of phenols is 1. The lowest BCUT2D eigenvalue weighted by molar-refractivity contribution is 0.0942. The van der Waals surface area contributed by atoms with Crippen LogP contribution in [0.25, 0.3) is 0 Å². The first kappa shape index (κ1) is 15.6. The molecule has 1 rings (SSSR count). The lowest BCUT2D eigenvalue weighted by atomic mass is 10.1. The molecule has 5 N–H and O–H groups in total. The second-order valence-electron chi connectivity index (χ2n) is 4.22. The molecule has 0 spiro atoms. The molecule has 1 unspecified atom stereocenters. The van der Waals surface area contributed by atoms with Gasteiger partial charge in [-0.2, -0.15) is 0 Å². The average Bonchev–Trinajstić information content (AvgIpc) is 2.45. The highest BCUT2D eigenvalue weighted by Crippen LogP contribution is 2.23. The molecule has 110 valence electrons. The van der Waals surface area contributed by atoms with Gasteiger partial charge in [-0.05, 0) is 18.6 Å². The van der Waals surface area contributed by atoms with Crippen LogP contribution in [0.1, 0.15) is 30.1 Å². The van der Waals surface area contributed by atoms with Crippen LogP contribution in [-0.2, 0) is 0 Å². The normalized spacial score (nSPS) is 12.8. The molecule has 0 aromatic heterocycles. The number of amides is 1. The van der Waals surface area contributed by atoms with E-state index in [1.54, 1.807) is 6.07 Å². The Balaban J connectivity index is 2.89. The Kier molecular flexibility index (Phi) is 5.64. The van der Waals surface area contributed by atoms with Gasteiger partial charge in [0.15, 0.2) is 5.84 Å². The maximum absolute atomic E-state index is 12.1. The van der Waals surface area contributed by atoms with Gasteiger partial charge in [0, 0.05) is 6.07 Å². The minimum Gasteiger partial charge on any atom is -0.507 e. The van der Waals surface area contributed by atoms with Crippen LogP contribution in [0, 0.1) is 0 Å². The predicted molar refractivity (Wildman–Crippen MR) is 74.2 cm³/mol. The zero-order chi connectivity index (χ0) is 15.1. The Morgan fingerprint density at radius 3 is 2.75 bits per heavy atom. The number of carbonyl (C=O) groups excluding carboxylic acids is 1. The lowest BCUT2D eigenvalue weighted by Gasteiger charge is -2.17. The summed E-state index contributed by atoms with van der Waals surface area (Å²) >= 11 is 0. The maximum atomic E-state index is 12.1. The lowest BCUT2D eigenvalue weighted by Crippen LogP contribution is -2.44. The van der Waals surface area contributed by atoms with Crippen LogP contribution in [0.4, 0.5) is 0 Å². The second kappa shape index (κ2) is 7.22. The van der Waals surface area contributed by atoms with E-state index in [2.05, 4.69) is 10.5 Å². The minimum atomic E-state index is -0.584. The van der Waals surface area contributed by atoms with Crippen molar-refractivity contribution < 1.29 is 19.8 Å². The molecular formula is C13H19N3O4.